The van der Waals surface area contributed by atoms with Crippen molar-refractivity contribution < 1.29 is 49.0 Å². The summed E-state index contributed by atoms with van der Waals surface area (Å²) in [6.45, 7) is 3.41. The molecule has 1 fully saturated rings. The van der Waals surface area contributed by atoms with Crippen molar-refractivity contribution in [2.75, 3.05) is 21.2 Å². The monoisotopic (exact) mass is 605 g/mol. The van der Waals surface area contributed by atoms with Gasteiger partial charge in [0.15, 0.2) is 12.1 Å². The lowest BCUT2D eigenvalue weighted by atomic mass is 9.67. The van der Waals surface area contributed by atoms with Crippen molar-refractivity contribution in [1.29, 1.82) is 0 Å². The highest BCUT2D eigenvalue weighted by Gasteiger charge is 2.53. The van der Waals surface area contributed by atoms with Gasteiger partial charge in [0, 0.05) is 35.6 Å². The van der Waals surface area contributed by atoms with Crippen LogP contribution in [-0.2, 0) is 19.0 Å². The average molecular weight is 606 g/mol. The number of carbonyl (C=O) groups is 3. The van der Waals surface area contributed by atoms with E-state index in [2.05, 4.69) is 0 Å². The molecule has 2 aliphatic carbocycles. The number of halogens is 1. The average Bonchev–Trinajstić information content (AvgIpc) is 2.92. The molecule has 3 aliphatic rings. The van der Waals surface area contributed by atoms with Crippen LogP contribution in [0.4, 0.5) is 0 Å². The molecule has 11 nitrogen and oxygen atoms in total. The number of methoxy groups -OCH3 is 1. The Labute approximate surface area is 249 Å². The lowest BCUT2D eigenvalue weighted by Crippen LogP contribution is -2.54. The van der Waals surface area contributed by atoms with Crippen LogP contribution >= 0.6 is 12.4 Å². The van der Waals surface area contributed by atoms with Gasteiger partial charge in [-0.1, -0.05) is 19.1 Å². The van der Waals surface area contributed by atoms with Crippen molar-refractivity contribution in [1.82, 2.24) is 4.90 Å². The third kappa shape index (κ3) is 4.87. The van der Waals surface area contributed by atoms with E-state index in [1.807, 2.05) is 19.0 Å². The Morgan fingerprint density at radius 3 is 2.45 bits per heavy atom. The summed E-state index contributed by atoms with van der Waals surface area (Å²) in [4.78, 5) is 42.1. The number of ether oxygens (including phenoxy) is 3. The zero-order valence-corrected chi connectivity index (χ0v) is 24.8. The van der Waals surface area contributed by atoms with Gasteiger partial charge in [-0.05, 0) is 45.1 Å². The van der Waals surface area contributed by atoms with Gasteiger partial charge in [0.2, 0.25) is 5.78 Å². The van der Waals surface area contributed by atoms with Crippen molar-refractivity contribution in [3.8, 4) is 11.5 Å². The number of carbonyl (C=O) groups excluding carboxylic acids is 3. The standard InChI is InChI=1S/C30H35NO10.ClH/c1-6-30(38)12-19(41-20-11-17(31(3)4)25(33)13(2)40-20)22-15(24(30)29(37)39-5)10-16-23(28(22)36)27(35)21-14(26(16)34)8-7-9-18(21)32;/h7-10,13,17,19-20,24-25,32-33,36,38H,6,11-12H2,1-5H3;1H/t13-,17?,19-,20-,24-,25+,30+;/m0./s1. The van der Waals surface area contributed by atoms with Crippen LogP contribution in [0.15, 0.2) is 24.3 Å². The molecule has 1 heterocycles. The highest BCUT2D eigenvalue weighted by atomic mass is 35.5. The van der Waals surface area contributed by atoms with Crippen molar-refractivity contribution in [3.05, 3.63) is 57.6 Å². The molecular formula is C30H36ClNO10. The molecule has 1 aliphatic heterocycles. The molecule has 2 aromatic carbocycles. The van der Waals surface area contributed by atoms with Crippen LogP contribution in [0.2, 0.25) is 0 Å². The van der Waals surface area contributed by atoms with Crippen molar-refractivity contribution >= 4 is 29.9 Å². The number of nitrogens with zero attached hydrogens (tertiary/aromatic N) is 1. The summed E-state index contributed by atoms with van der Waals surface area (Å²) in [5.74, 6) is -4.42. The molecule has 0 saturated carbocycles. The summed E-state index contributed by atoms with van der Waals surface area (Å²) in [7, 11) is 4.82. The van der Waals surface area contributed by atoms with Crippen LogP contribution in [-0.4, -0.2) is 94.2 Å². The number of fused-ring (bicyclic) bond motifs is 3. The molecule has 0 aromatic heterocycles. The van der Waals surface area contributed by atoms with Crippen LogP contribution in [0, 0.1) is 0 Å². The highest BCUT2D eigenvalue weighted by molar-refractivity contribution is 6.30. The molecule has 7 atom stereocenters. The van der Waals surface area contributed by atoms with Gasteiger partial charge in [-0.3, -0.25) is 14.4 Å². The normalized spacial score (nSPS) is 30.2. The van der Waals surface area contributed by atoms with Crippen LogP contribution in [0.1, 0.15) is 88.1 Å². The van der Waals surface area contributed by atoms with Gasteiger partial charge in [0.25, 0.3) is 0 Å². The Balaban J connectivity index is 0.00000405. The van der Waals surface area contributed by atoms with Crippen LogP contribution in [0.25, 0.3) is 0 Å². The number of rotatable bonds is 5. The maximum atomic E-state index is 13.6. The number of phenolic OH excluding ortho intramolecular Hbond substituents is 2. The molecule has 2 aromatic rings. The summed E-state index contributed by atoms with van der Waals surface area (Å²) in [5.41, 5.74) is -2.27. The fraction of sp³-hybridized carbons (Fsp3) is 0.500. The molecule has 12 heteroatoms. The Hall–Kier alpha value is -3.06. The van der Waals surface area contributed by atoms with Gasteiger partial charge in [0.05, 0.1) is 42.1 Å². The number of hydrogen-bond acceptors (Lipinski definition) is 11. The Kier molecular flexibility index (Phi) is 8.77. The van der Waals surface area contributed by atoms with Gasteiger partial charge >= 0.3 is 5.97 Å². The van der Waals surface area contributed by atoms with E-state index in [1.54, 1.807) is 13.8 Å². The Morgan fingerprint density at radius 1 is 1.14 bits per heavy atom. The number of benzene rings is 2. The van der Waals surface area contributed by atoms with Gasteiger partial charge < -0.3 is 39.5 Å². The number of ketones is 2. The number of esters is 1. The first-order chi connectivity index (χ1) is 19.3. The zero-order valence-electron chi connectivity index (χ0n) is 24.0. The summed E-state index contributed by atoms with van der Waals surface area (Å²) in [5, 5.41) is 44.5. The largest absolute Gasteiger partial charge is 0.507 e. The Bertz CT molecular complexity index is 1430. The molecule has 0 radical (unpaired) electrons. The lowest BCUT2D eigenvalue weighted by Gasteiger charge is -2.46. The second kappa shape index (κ2) is 11.6. The number of aromatic hydroxyl groups is 2. The fourth-order valence-electron chi connectivity index (χ4n) is 6.50. The van der Waals surface area contributed by atoms with Gasteiger partial charge in [0.1, 0.15) is 17.4 Å². The van der Waals surface area contributed by atoms with Crippen LogP contribution in [0.5, 0.6) is 11.5 Å². The van der Waals surface area contributed by atoms with E-state index in [4.69, 9.17) is 14.2 Å². The minimum absolute atomic E-state index is 0. The molecule has 5 rings (SSSR count). The zero-order chi connectivity index (χ0) is 30.0. The summed E-state index contributed by atoms with van der Waals surface area (Å²) in [6, 6.07) is 5.14. The fourth-order valence-corrected chi connectivity index (χ4v) is 6.50. The van der Waals surface area contributed by atoms with Crippen molar-refractivity contribution in [2.45, 2.75) is 75.3 Å². The van der Waals surface area contributed by atoms with E-state index in [9.17, 15) is 34.8 Å². The molecule has 1 saturated heterocycles. The first-order valence-corrected chi connectivity index (χ1v) is 13.6. The van der Waals surface area contributed by atoms with Gasteiger partial charge in [-0.25, -0.2) is 0 Å². The predicted molar refractivity (Wildman–Crippen MR) is 151 cm³/mol. The van der Waals surface area contributed by atoms with Gasteiger partial charge in [-0.2, -0.15) is 0 Å². The minimum atomic E-state index is -1.69. The number of likely N-dealkylation sites (N-methyl/N-ethyl adjacent to an activating group) is 1. The minimum Gasteiger partial charge on any atom is -0.507 e. The maximum Gasteiger partial charge on any atom is 0.316 e. The Morgan fingerprint density at radius 2 is 1.83 bits per heavy atom. The molecule has 0 spiro atoms. The quantitative estimate of drug-likeness (QED) is 0.316. The molecule has 4 N–H and O–H groups in total. The second-order valence-electron chi connectivity index (χ2n) is 11.3. The highest BCUT2D eigenvalue weighted by Crippen LogP contribution is 2.54. The van der Waals surface area contributed by atoms with Crippen LogP contribution in [0.3, 0.4) is 0 Å². The maximum absolute atomic E-state index is 13.6. The number of phenols is 2. The third-order valence-electron chi connectivity index (χ3n) is 8.77. The smallest absolute Gasteiger partial charge is 0.316 e. The van der Waals surface area contributed by atoms with E-state index in [0.29, 0.717) is 0 Å². The topological polar surface area (TPSA) is 163 Å². The SMILES string of the molecule is CC[C@@]1(O)C[C@H](O[C@H]2CC(N(C)C)[C@H](O)[C@H](C)O2)c2c(cc3c(c2O)C(=O)c2c(O)cccc2C3=O)[C@H]1C(=O)OC.Cl. The van der Waals surface area contributed by atoms with Crippen molar-refractivity contribution in [2.24, 2.45) is 0 Å². The molecule has 42 heavy (non-hydrogen) atoms. The predicted octanol–water partition coefficient (Wildman–Crippen LogP) is 2.58. The van der Waals surface area contributed by atoms with Gasteiger partial charge in [-0.15, -0.1) is 12.4 Å². The first-order valence-electron chi connectivity index (χ1n) is 13.6. The van der Waals surface area contributed by atoms with E-state index < -0.39 is 65.2 Å². The summed E-state index contributed by atoms with van der Waals surface area (Å²) >= 11 is 0. The van der Waals surface area contributed by atoms with E-state index in [-0.39, 0.29) is 71.1 Å². The van der Waals surface area contributed by atoms with Crippen molar-refractivity contribution in [3.63, 3.8) is 0 Å². The second-order valence-corrected chi connectivity index (χ2v) is 11.3. The first kappa shape index (κ1) is 31.9. The van der Waals surface area contributed by atoms with E-state index >= 15 is 0 Å². The summed E-state index contributed by atoms with van der Waals surface area (Å²) < 4.78 is 17.3. The van der Waals surface area contributed by atoms with E-state index in [0.717, 1.165) is 0 Å². The number of aliphatic hydroxyl groups excluding tert-OH is 1. The molecule has 228 valence electrons. The lowest BCUT2D eigenvalue weighted by molar-refractivity contribution is -0.258. The third-order valence-corrected chi connectivity index (χ3v) is 8.77. The van der Waals surface area contributed by atoms with E-state index in [1.165, 1.54) is 31.4 Å². The molecular weight excluding hydrogens is 570 g/mol. The number of hydrogen-bond donors (Lipinski definition) is 4. The molecule has 1 unspecified atom stereocenters. The van der Waals surface area contributed by atoms with Crippen LogP contribution < -0.4 is 0 Å². The summed E-state index contributed by atoms with van der Waals surface area (Å²) in [6.07, 6.45) is -3.09. The molecule has 0 bridgehead atoms. The molecule has 0 amide bonds. The number of aliphatic hydroxyl groups is 2.